The molecule has 0 unspecified atom stereocenters. The summed E-state index contributed by atoms with van der Waals surface area (Å²) in [5.41, 5.74) is 2.73. The zero-order valence-corrected chi connectivity index (χ0v) is 17.5. The van der Waals surface area contributed by atoms with Crippen molar-refractivity contribution in [2.45, 2.75) is 51.6 Å². The van der Waals surface area contributed by atoms with Crippen molar-refractivity contribution in [2.24, 2.45) is 11.8 Å². The lowest BCUT2D eigenvalue weighted by Gasteiger charge is -2.51. The Kier molecular flexibility index (Phi) is 5.25. The molecule has 1 aromatic carbocycles. The Morgan fingerprint density at radius 1 is 1.26 bits per heavy atom. The van der Waals surface area contributed by atoms with Crippen LogP contribution in [0.3, 0.4) is 0 Å². The lowest BCUT2D eigenvalue weighted by atomic mass is 9.77. The molecule has 0 spiro atoms. The van der Waals surface area contributed by atoms with E-state index in [0.717, 1.165) is 44.5 Å². The van der Waals surface area contributed by atoms with Gasteiger partial charge in [0.1, 0.15) is 5.75 Å². The smallest absolute Gasteiger partial charge is 0.214 e. The molecule has 150 valence electrons. The summed E-state index contributed by atoms with van der Waals surface area (Å²) in [6.45, 7) is 6.76. The largest absolute Gasteiger partial charge is 0.497 e. The van der Waals surface area contributed by atoms with Gasteiger partial charge in [-0.2, -0.15) is 4.31 Å². The number of benzene rings is 1. The highest BCUT2D eigenvalue weighted by atomic mass is 32.2. The Balaban J connectivity index is 1.62. The topological polar surface area (TPSA) is 49.9 Å². The summed E-state index contributed by atoms with van der Waals surface area (Å²) in [5, 5.41) is 0. The molecule has 0 saturated carbocycles. The van der Waals surface area contributed by atoms with Crippen LogP contribution in [0.4, 0.5) is 0 Å². The molecule has 2 fully saturated rings. The Morgan fingerprint density at radius 2 is 2.07 bits per heavy atom. The normalized spacial score (nSPS) is 29.1. The number of nitrogens with zero attached hydrogens (tertiary/aromatic N) is 2. The van der Waals surface area contributed by atoms with Crippen molar-refractivity contribution in [3.63, 3.8) is 0 Å². The van der Waals surface area contributed by atoms with Crippen LogP contribution < -0.4 is 4.74 Å². The molecular formula is C21H32N2O3S. The number of sulfonamides is 1. The lowest BCUT2D eigenvalue weighted by molar-refractivity contribution is 0.0219. The Labute approximate surface area is 163 Å². The minimum Gasteiger partial charge on any atom is -0.497 e. The molecule has 0 radical (unpaired) electrons. The second-order valence-electron chi connectivity index (χ2n) is 8.81. The van der Waals surface area contributed by atoms with Crippen molar-refractivity contribution in [3.05, 3.63) is 29.3 Å². The van der Waals surface area contributed by atoms with Crippen LogP contribution in [0.5, 0.6) is 5.75 Å². The second-order valence-corrected chi connectivity index (χ2v) is 10.8. The van der Waals surface area contributed by atoms with Crippen LogP contribution in [0, 0.1) is 11.8 Å². The van der Waals surface area contributed by atoms with Gasteiger partial charge in [0.2, 0.25) is 10.0 Å². The van der Waals surface area contributed by atoms with Gasteiger partial charge >= 0.3 is 0 Å². The van der Waals surface area contributed by atoms with Crippen LogP contribution in [0.15, 0.2) is 18.2 Å². The van der Waals surface area contributed by atoms with Crippen LogP contribution in [0.25, 0.3) is 0 Å². The Hall–Kier alpha value is -1.11. The fourth-order valence-corrected chi connectivity index (χ4v) is 7.49. The number of ether oxygens (including phenoxy) is 1. The lowest BCUT2D eigenvalue weighted by Crippen LogP contribution is -2.57. The van der Waals surface area contributed by atoms with Crippen molar-refractivity contribution >= 4 is 10.0 Å². The number of piperidine rings is 2. The van der Waals surface area contributed by atoms with Crippen LogP contribution in [-0.4, -0.2) is 56.2 Å². The molecule has 0 bridgehead atoms. The molecule has 3 aliphatic heterocycles. The van der Waals surface area contributed by atoms with E-state index in [4.69, 9.17) is 4.74 Å². The van der Waals surface area contributed by atoms with E-state index in [1.165, 1.54) is 11.1 Å². The van der Waals surface area contributed by atoms with E-state index in [0.29, 0.717) is 18.5 Å². The molecule has 4 rings (SSSR count). The predicted molar refractivity (Wildman–Crippen MR) is 107 cm³/mol. The maximum absolute atomic E-state index is 13.0. The summed E-state index contributed by atoms with van der Waals surface area (Å²) in [5.74, 6) is 1.81. The van der Waals surface area contributed by atoms with Gasteiger partial charge < -0.3 is 4.74 Å². The molecule has 3 aliphatic rings. The molecule has 0 aliphatic carbocycles. The van der Waals surface area contributed by atoms with E-state index in [1.807, 2.05) is 24.2 Å². The highest BCUT2D eigenvalue weighted by Crippen LogP contribution is 2.44. The Morgan fingerprint density at radius 3 is 2.81 bits per heavy atom. The van der Waals surface area contributed by atoms with E-state index in [-0.39, 0.29) is 17.7 Å². The molecule has 5 nitrogen and oxygen atoms in total. The van der Waals surface area contributed by atoms with Gasteiger partial charge in [0.05, 0.1) is 12.9 Å². The van der Waals surface area contributed by atoms with Crippen LogP contribution in [0.1, 0.15) is 50.3 Å². The van der Waals surface area contributed by atoms with E-state index in [9.17, 15) is 8.42 Å². The standard InChI is InChI=1S/C21H32N2O3S/c1-15(2)14-27(24,25)23-9-4-5-17-13-22-10-8-16-11-18(26-3)6-7-19(16)21(22)12-20(17)23/h6-7,11,15,17,20-21H,4-5,8-10,12-14H2,1-3H3/t17-,20+,21-/m1/s1. The number of hydrogen-bond acceptors (Lipinski definition) is 4. The molecular weight excluding hydrogens is 360 g/mol. The molecule has 6 heteroatoms. The van der Waals surface area contributed by atoms with Gasteiger partial charge in [-0.25, -0.2) is 8.42 Å². The number of methoxy groups -OCH3 is 1. The first-order valence-corrected chi connectivity index (χ1v) is 11.9. The molecule has 1 aromatic rings. The molecule has 0 N–H and O–H groups in total. The van der Waals surface area contributed by atoms with E-state index in [1.54, 1.807) is 7.11 Å². The minimum absolute atomic E-state index is 0.150. The summed E-state index contributed by atoms with van der Waals surface area (Å²) >= 11 is 0. The minimum atomic E-state index is -3.18. The zero-order chi connectivity index (χ0) is 19.2. The third-order valence-electron chi connectivity index (χ3n) is 6.52. The van der Waals surface area contributed by atoms with Gasteiger partial charge in [0.25, 0.3) is 0 Å². The van der Waals surface area contributed by atoms with Crippen LogP contribution >= 0.6 is 0 Å². The second kappa shape index (κ2) is 7.37. The first-order valence-electron chi connectivity index (χ1n) is 10.3. The van der Waals surface area contributed by atoms with E-state index >= 15 is 0 Å². The summed E-state index contributed by atoms with van der Waals surface area (Å²) in [7, 11) is -1.47. The third-order valence-corrected chi connectivity index (χ3v) is 8.78. The highest BCUT2D eigenvalue weighted by Gasteiger charge is 2.45. The van der Waals surface area contributed by atoms with Crippen molar-refractivity contribution in [3.8, 4) is 5.75 Å². The summed E-state index contributed by atoms with van der Waals surface area (Å²) in [6.07, 6.45) is 4.11. The fourth-order valence-electron chi connectivity index (χ4n) is 5.38. The van der Waals surface area contributed by atoms with Crippen molar-refractivity contribution in [1.29, 1.82) is 0 Å². The molecule has 3 atom stereocenters. The fraction of sp³-hybridized carbons (Fsp3) is 0.714. The number of hydrogen-bond donors (Lipinski definition) is 0. The average molecular weight is 393 g/mol. The zero-order valence-electron chi connectivity index (χ0n) is 16.7. The highest BCUT2D eigenvalue weighted by molar-refractivity contribution is 7.89. The van der Waals surface area contributed by atoms with Crippen molar-refractivity contribution in [2.75, 3.05) is 32.5 Å². The quantitative estimate of drug-likeness (QED) is 0.790. The maximum atomic E-state index is 13.0. The maximum Gasteiger partial charge on any atom is 0.214 e. The summed E-state index contributed by atoms with van der Waals surface area (Å²) in [4.78, 5) is 2.59. The van der Waals surface area contributed by atoms with Gasteiger partial charge in [-0.15, -0.1) is 0 Å². The molecule has 0 amide bonds. The number of fused-ring (bicyclic) bond motifs is 4. The average Bonchev–Trinajstić information content (AvgIpc) is 2.64. The molecule has 2 saturated heterocycles. The van der Waals surface area contributed by atoms with Crippen molar-refractivity contribution in [1.82, 2.24) is 9.21 Å². The van der Waals surface area contributed by atoms with Gasteiger partial charge in [-0.3, -0.25) is 4.90 Å². The number of rotatable bonds is 4. The van der Waals surface area contributed by atoms with Crippen molar-refractivity contribution < 1.29 is 13.2 Å². The van der Waals surface area contributed by atoms with Gasteiger partial charge in [-0.05, 0) is 60.8 Å². The summed E-state index contributed by atoms with van der Waals surface area (Å²) < 4.78 is 33.3. The Bertz CT molecular complexity index is 793. The molecule has 27 heavy (non-hydrogen) atoms. The van der Waals surface area contributed by atoms with Crippen LogP contribution in [0.2, 0.25) is 0 Å². The SMILES string of the molecule is COc1ccc2c(c1)CCN1C[C@H]3CCCN(S(=O)(=O)CC(C)C)[C@H]3C[C@H]21. The van der Waals surface area contributed by atoms with E-state index in [2.05, 4.69) is 17.0 Å². The summed E-state index contributed by atoms with van der Waals surface area (Å²) in [6, 6.07) is 6.88. The third kappa shape index (κ3) is 3.64. The van der Waals surface area contributed by atoms with Crippen LogP contribution in [-0.2, 0) is 16.4 Å². The molecule has 3 heterocycles. The van der Waals surface area contributed by atoms with E-state index < -0.39 is 10.0 Å². The van der Waals surface area contributed by atoms with Gasteiger partial charge in [0.15, 0.2) is 0 Å². The predicted octanol–water partition coefficient (Wildman–Crippen LogP) is 3.06. The first kappa shape index (κ1) is 19.2. The molecule has 0 aromatic heterocycles. The van der Waals surface area contributed by atoms with Gasteiger partial charge in [0, 0.05) is 31.7 Å². The van der Waals surface area contributed by atoms with Gasteiger partial charge in [-0.1, -0.05) is 19.9 Å². The first-order chi connectivity index (χ1) is 12.9. The monoisotopic (exact) mass is 392 g/mol.